The first-order valence-electron chi connectivity index (χ1n) is 14.4. The lowest BCUT2D eigenvalue weighted by atomic mass is 10.1. The predicted molar refractivity (Wildman–Crippen MR) is 149 cm³/mol. The van der Waals surface area contributed by atoms with Gasteiger partial charge in [-0.1, -0.05) is 117 Å². The minimum Gasteiger partial charge on any atom is -0.370 e. The Balaban J connectivity index is -0.000000458. The minimum absolute atomic E-state index is 0.159. The molecule has 34 heavy (non-hydrogen) atoms. The molecule has 0 fully saturated rings. The highest BCUT2D eigenvalue weighted by Crippen LogP contribution is 2.11. The Morgan fingerprint density at radius 2 is 0.647 bits per heavy atom. The Kier molecular flexibility index (Phi) is 40.1. The summed E-state index contributed by atoms with van der Waals surface area (Å²) in [6.45, 7) is 6.03. The summed E-state index contributed by atoms with van der Waals surface area (Å²) in [7, 11) is 0. The Hall–Kier alpha value is -1.14. The van der Waals surface area contributed by atoms with Crippen LogP contribution in [0.4, 0.5) is 0 Å². The molecule has 0 aromatic rings. The van der Waals surface area contributed by atoms with Crippen molar-refractivity contribution in [2.75, 3.05) is 13.1 Å². The average molecular weight is 487 g/mol. The third kappa shape index (κ3) is 48.3. The second-order valence-electron chi connectivity index (χ2n) is 9.37. The molecule has 6 nitrogen and oxygen atoms in total. The van der Waals surface area contributed by atoms with E-state index in [1.54, 1.807) is 0 Å². The molecule has 0 spiro atoms. The first kappa shape index (κ1) is 37.4. The first-order chi connectivity index (χ1) is 16.5. The molecule has 0 saturated heterocycles. The molecule has 0 aliphatic rings. The van der Waals surface area contributed by atoms with Crippen LogP contribution in [0.15, 0.2) is 0 Å². The van der Waals surface area contributed by atoms with Crippen LogP contribution in [0, 0.1) is 0 Å². The Morgan fingerprint density at radius 1 is 0.412 bits per heavy atom. The van der Waals surface area contributed by atoms with Crippen LogP contribution in [0.3, 0.4) is 0 Å². The number of hydrogen-bond acceptors (Lipinski definition) is 4. The number of hydrogen-bond donors (Lipinski definition) is 4. The van der Waals surface area contributed by atoms with E-state index in [0.717, 1.165) is 51.6 Å². The Bertz CT molecular complexity index is 357. The van der Waals surface area contributed by atoms with Gasteiger partial charge in [-0.25, -0.2) is 0 Å². The quantitative estimate of drug-likeness (QED) is 0.123. The van der Waals surface area contributed by atoms with Crippen LogP contribution < -0.4 is 22.9 Å². The fraction of sp³-hybridized carbons (Fsp3) is 0.929. The van der Waals surface area contributed by atoms with E-state index in [1.165, 1.54) is 89.9 Å². The lowest BCUT2D eigenvalue weighted by molar-refractivity contribution is -0.119. The van der Waals surface area contributed by atoms with Crippen LogP contribution in [0.25, 0.3) is 0 Å². The standard InChI is InChI=1S/2C12H25NO.C4H12N2/c2*1-2-3-4-5-6-7-8-9-10-11-12(13)14;5-3-1-2-4-6/h2*2-11H2,1H3,(H2,13,14);1-6H2. The van der Waals surface area contributed by atoms with E-state index < -0.39 is 0 Å². The highest BCUT2D eigenvalue weighted by Gasteiger charge is 1.96. The largest absolute Gasteiger partial charge is 0.370 e. The smallest absolute Gasteiger partial charge is 0.217 e. The van der Waals surface area contributed by atoms with Gasteiger partial charge >= 0.3 is 0 Å². The molecular formula is C28H62N4O2. The minimum atomic E-state index is -0.159. The van der Waals surface area contributed by atoms with Crippen molar-refractivity contribution in [1.29, 1.82) is 0 Å². The van der Waals surface area contributed by atoms with Crippen molar-refractivity contribution in [2.45, 2.75) is 155 Å². The van der Waals surface area contributed by atoms with Gasteiger partial charge in [0.2, 0.25) is 11.8 Å². The van der Waals surface area contributed by atoms with Crippen molar-refractivity contribution in [3.05, 3.63) is 0 Å². The number of nitrogens with two attached hydrogens (primary N) is 4. The normalized spacial score (nSPS) is 10.1. The van der Waals surface area contributed by atoms with E-state index >= 15 is 0 Å². The van der Waals surface area contributed by atoms with Gasteiger partial charge in [-0.15, -0.1) is 0 Å². The molecule has 0 aliphatic carbocycles. The molecule has 6 heteroatoms. The SMILES string of the molecule is CCCCCCCCCCCC(N)=O.CCCCCCCCCCCC(N)=O.NCCCCN. The molecule has 0 rings (SSSR count). The highest BCUT2D eigenvalue weighted by atomic mass is 16.1. The maximum absolute atomic E-state index is 10.4. The van der Waals surface area contributed by atoms with Crippen LogP contribution in [-0.4, -0.2) is 24.9 Å². The molecular weight excluding hydrogens is 424 g/mol. The van der Waals surface area contributed by atoms with Gasteiger partial charge in [0, 0.05) is 12.8 Å². The van der Waals surface area contributed by atoms with Crippen LogP contribution in [-0.2, 0) is 9.59 Å². The maximum Gasteiger partial charge on any atom is 0.217 e. The topological polar surface area (TPSA) is 138 Å². The summed E-state index contributed by atoms with van der Waals surface area (Å²) >= 11 is 0. The fourth-order valence-corrected chi connectivity index (χ4v) is 3.51. The maximum atomic E-state index is 10.4. The van der Waals surface area contributed by atoms with E-state index in [4.69, 9.17) is 22.9 Å². The third-order valence-electron chi connectivity index (χ3n) is 5.71. The molecule has 206 valence electrons. The number of rotatable bonds is 23. The zero-order valence-electron chi connectivity index (χ0n) is 23.1. The lowest BCUT2D eigenvalue weighted by Crippen LogP contribution is -2.09. The van der Waals surface area contributed by atoms with Gasteiger partial charge in [-0.05, 0) is 38.8 Å². The summed E-state index contributed by atoms with van der Waals surface area (Å²) in [4.78, 5) is 20.9. The molecule has 8 N–H and O–H groups in total. The number of unbranched alkanes of at least 4 members (excludes halogenated alkanes) is 17. The first-order valence-corrected chi connectivity index (χ1v) is 14.4. The van der Waals surface area contributed by atoms with Crippen LogP contribution in [0.5, 0.6) is 0 Å². The molecule has 0 heterocycles. The van der Waals surface area contributed by atoms with Crippen molar-refractivity contribution in [2.24, 2.45) is 22.9 Å². The molecule has 0 unspecified atom stereocenters. The van der Waals surface area contributed by atoms with E-state index in [9.17, 15) is 9.59 Å². The summed E-state index contributed by atoms with van der Waals surface area (Å²) in [5, 5.41) is 0. The van der Waals surface area contributed by atoms with Crippen LogP contribution >= 0.6 is 0 Å². The van der Waals surface area contributed by atoms with Gasteiger partial charge in [-0.3, -0.25) is 9.59 Å². The molecule has 0 radical (unpaired) electrons. The average Bonchev–Trinajstić information content (AvgIpc) is 2.81. The zero-order valence-corrected chi connectivity index (χ0v) is 23.1. The Labute approximate surface area is 212 Å². The second-order valence-corrected chi connectivity index (χ2v) is 9.37. The third-order valence-corrected chi connectivity index (χ3v) is 5.71. The monoisotopic (exact) mass is 486 g/mol. The van der Waals surface area contributed by atoms with Crippen molar-refractivity contribution in [3.8, 4) is 0 Å². The van der Waals surface area contributed by atoms with E-state index in [0.29, 0.717) is 12.8 Å². The van der Waals surface area contributed by atoms with Crippen molar-refractivity contribution in [3.63, 3.8) is 0 Å². The summed E-state index contributed by atoms with van der Waals surface area (Å²) < 4.78 is 0. The molecule has 0 atom stereocenters. The molecule has 0 aromatic heterocycles. The molecule has 0 aromatic carbocycles. The molecule has 0 saturated carbocycles. The van der Waals surface area contributed by atoms with E-state index in [2.05, 4.69) is 13.8 Å². The van der Waals surface area contributed by atoms with Gasteiger partial charge in [0.25, 0.3) is 0 Å². The Morgan fingerprint density at radius 3 is 0.853 bits per heavy atom. The molecule has 0 bridgehead atoms. The van der Waals surface area contributed by atoms with E-state index in [-0.39, 0.29) is 11.8 Å². The lowest BCUT2D eigenvalue weighted by Gasteiger charge is -2.00. The van der Waals surface area contributed by atoms with Crippen molar-refractivity contribution >= 4 is 11.8 Å². The summed E-state index contributed by atoms with van der Waals surface area (Å²) in [6, 6.07) is 0. The summed E-state index contributed by atoms with van der Waals surface area (Å²) in [5.74, 6) is -0.319. The van der Waals surface area contributed by atoms with Gasteiger partial charge in [-0.2, -0.15) is 0 Å². The second kappa shape index (κ2) is 36.4. The summed E-state index contributed by atoms with van der Waals surface area (Å²) in [5.41, 5.74) is 20.4. The number of carbonyl (C=O) groups excluding carboxylic acids is 2. The van der Waals surface area contributed by atoms with Gasteiger partial charge in [0.15, 0.2) is 0 Å². The van der Waals surface area contributed by atoms with Crippen LogP contribution in [0.1, 0.15) is 155 Å². The zero-order chi connectivity index (χ0) is 26.1. The molecule has 0 aliphatic heterocycles. The number of carbonyl (C=O) groups is 2. The highest BCUT2D eigenvalue weighted by molar-refractivity contribution is 5.73. The summed E-state index contributed by atoms with van der Waals surface area (Å²) in [6.07, 6.45) is 26.3. The number of primary amides is 2. The number of amides is 2. The van der Waals surface area contributed by atoms with Crippen molar-refractivity contribution < 1.29 is 9.59 Å². The van der Waals surface area contributed by atoms with Crippen LogP contribution in [0.2, 0.25) is 0 Å². The fourth-order valence-electron chi connectivity index (χ4n) is 3.51. The van der Waals surface area contributed by atoms with E-state index in [1.807, 2.05) is 0 Å². The van der Waals surface area contributed by atoms with Gasteiger partial charge in [0.05, 0.1) is 0 Å². The van der Waals surface area contributed by atoms with Gasteiger partial charge in [0.1, 0.15) is 0 Å². The molecule has 2 amide bonds. The van der Waals surface area contributed by atoms with Gasteiger partial charge < -0.3 is 22.9 Å². The predicted octanol–water partition coefficient (Wildman–Crippen LogP) is 6.47. The van der Waals surface area contributed by atoms with Crippen molar-refractivity contribution in [1.82, 2.24) is 0 Å².